The van der Waals surface area contributed by atoms with Gasteiger partial charge in [0, 0.05) is 6.54 Å². The smallest absolute Gasteiger partial charge is 0.416 e. The number of hydrogen-bond acceptors (Lipinski definition) is 4. The summed E-state index contributed by atoms with van der Waals surface area (Å²) in [5.41, 5.74) is -0.905. The predicted molar refractivity (Wildman–Crippen MR) is 67.8 cm³/mol. The van der Waals surface area contributed by atoms with Crippen molar-refractivity contribution < 1.29 is 23.1 Å². The molecular weight excluding hydrogens is 287 g/mol. The molecule has 0 amide bonds. The second-order valence-corrected chi connectivity index (χ2v) is 4.10. The highest BCUT2D eigenvalue weighted by Crippen LogP contribution is 2.32. The van der Waals surface area contributed by atoms with Crippen molar-refractivity contribution in [3.63, 3.8) is 0 Å². The van der Waals surface area contributed by atoms with Crippen molar-refractivity contribution in [2.45, 2.75) is 12.7 Å². The summed E-state index contributed by atoms with van der Waals surface area (Å²) in [5.74, 6) is -1.03. The Morgan fingerprint density at radius 1 is 1.19 bits per heavy atom. The lowest BCUT2D eigenvalue weighted by atomic mass is 10.1. The zero-order chi connectivity index (χ0) is 15.5. The summed E-state index contributed by atoms with van der Waals surface area (Å²) < 4.78 is 38.4. The number of aromatic carboxylic acids is 1. The van der Waals surface area contributed by atoms with Crippen LogP contribution in [-0.2, 0) is 12.7 Å². The van der Waals surface area contributed by atoms with E-state index in [1.807, 2.05) is 0 Å². The van der Waals surface area contributed by atoms with Gasteiger partial charge in [-0.15, -0.1) is 0 Å². The number of alkyl halides is 3. The van der Waals surface area contributed by atoms with Crippen molar-refractivity contribution in [2.75, 3.05) is 5.32 Å². The molecule has 0 saturated heterocycles. The van der Waals surface area contributed by atoms with Gasteiger partial charge in [0.1, 0.15) is 5.82 Å². The molecule has 0 spiro atoms. The van der Waals surface area contributed by atoms with Crippen LogP contribution in [-0.4, -0.2) is 21.0 Å². The standard InChI is InChI=1S/C13H10F3N3O2/c14-13(15,16)9-4-2-1-3-8(9)5-18-11-7-17-10(6-19-11)12(20)21/h1-4,6-7H,5H2,(H,18,19)(H,20,21). The summed E-state index contributed by atoms with van der Waals surface area (Å²) in [6, 6.07) is 5.17. The highest BCUT2D eigenvalue weighted by Gasteiger charge is 2.32. The summed E-state index contributed by atoms with van der Waals surface area (Å²) in [6.45, 7) is -0.100. The number of carbonyl (C=O) groups is 1. The van der Waals surface area contributed by atoms with E-state index in [1.54, 1.807) is 0 Å². The van der Waals surface area contributed by atoms with E-state index < -0.39 is 17.7 Å². The maximum absolute atomic E-state index is 12.8. The SMILES string of the molecule is O=C(O)c1cnc(NCc2ccccc2C(F)(F)F)cn1. The van der Waals surface area contributed by atoms with Gasteiger partial charge < -0.3 is 10.4 Å². The van der Waals surface area contributed by atoms with E-state index >= 15 is 0 Å². The number of halogens is 3. The molecule has 0 saturated carbocycles. The lowest BCUT2D eigenvalue weighted by Gasteiger charge is -2.13. The molecule has 5 nitrogen and oxygen atoms in total. The van der Waals surface area contributed by atoms with E-state index in [0.29, 0.717) is 0 Å². The molecule has 0 fully saturated rings. The highest BCUT2D eigenvalue weighted by molar-refractivity contribution is 5.84. The van der Waals surface area contributed by atoms with Crippen LogP contribution in [0, 0.1) is 0 Å². The maximum Gasteiger partial charge on any atom is 0.416 e. The Labute approximate surface area is 117 Å². The Balaban J connectivity index is 2.12. The van der Waals surface area contributed by atoms with Crippen LogP contribution >= 0.6 is 0 Å². The topological polar surface area (TPSA) is 75.1 Å². The van der Waals surface area contributed by atoms with E-state index in [2.05, 4.69) is 15.3 Å². The van der Waals surface area contributed by atoms with Gasteiger partial charge in [0.25, 0.3) is 0 Å². The average molecular weight is 297 g/mol. The van der Waals surface area contributed by atoms with Crippen molar-refractivity contribution in [1.82, 2.24) is 9.97 Å². The fourth-order valence-electron chi connectivity index (χ4n) is 1.67. The van der Waals surface area contributed by atoms with Gasteiger partial charge in [-0.25, -0.2) is 14.8 Å². The van der Waals surface area contributed by atoms with Gasteiger partial charge in [0.2, 0.25) is 0 Å². The third kappa shape index (κ3) is 3.68. The third-order valence-electron chi connectivity index (χ3n) is 2.65. The molecule has 1 aromatic carbocycles. The number of anilines is 1. The van der Waals surface area contributed by atoms with Crippen molar-refractivity contribution in [3.8, 4) is 0 Å². The molecule has 8 heteroatoms. The molecule has 0 atom stereocenters. The van der Waals surface area contributed by atoms with Crippen molar-refractivity contribution in [3.05, 3.63) is 53.5 Å². The number of benzene rings is 1. The normalized spacial score (nSPS) is 11.2. The van der Waals surface area contributed by atoms with E-state index in [9.17, 15) is 18.0 Å². The zero-order valence-corrected chi connectivity index (χ0v) is 10.6. The number of carboxylic acid groups (broad SMARTS) is 1. The van der Waals surface area contributed by atoms with Crippen LogP contribution in [0.3, 0.4) is 0 Å². The summed E-state index contributed by atoms with van der Waals surface area (Å²) in [6.07, 6.45) is -2.25. The monoisotopic (exact) mass is 297 g/mol. The van der Waals surface area contributed by atoms with Crippen LogP contribution in [0.25, 0.3) is 0 Å². The van der Waals surface area contributed by atoms with Gasteiger partial charge in [0.05, 0.1) is 18.0 Å². The second-order valence-electron chi connectivity index (χ2n) is 4.10. The van der Waals surface area contributed by atoms with E-state index in [-0.39, 0.29) is 23.6 Å². The van der Waals surface area contributed by atoms with Gasteiger partial charge in [-0.2, -0.15) is 13.2 Å². The lowest BCUT2D eigenvalue weighted by Crippen LogP contribution is -2.12. The minimum atomic E-state index is -4.43. The molecule has 0 aliphatic heterocycles. The quantitative estimate of drug-likeness (QED) is 0.907. The largest absolute Gasteiger partial charge is 0.476 e. The lowest BCUT2D eigenvalue weighted by molar-refractivity contribution is -0.138. The van der Waals surface area contributed by atoms with Crippen molar-refractivity contribution in [2.24, 2.45) is 0 Å². The molecule has 0 radical (unpaired) electrons. The molecule has 110 valence electrons. The molecule has 1 aromatic heterocycles. The minimum Gasteiger partial charge on any atom is -0.476 e. The van der Waals surface area contributed by atoms with Gasteiger partial charge in [-0.1, -0.05) is 18.2 Å². The number of nitrogens with one attached hydrogen (secondary N) is 1. The van der Waals surface area contributed by atoms with Gasteiger partial charge in [0.15, 0.2) is 5.69 Å². The van der Waals surface area contributed by atoms with E-state index in [0.717, 1.165) is 18.5 Å². The molecule has 21 heavy (non-hydrogen) atoms. The number of nitrogens with zero attached hydrogens (tertiary/aromatic N) is 2. The molecule has 0 bridgehead atoms. The molecule has 0 aliphatic rings. The van der Waals surface area contributed by atoms with Crippen LogP contribution in [0.2, 0.25) is 0 Å². The molecule has 2 rings (SSSR count). The Hall–Kier alpha value is -2.64. The fraction of sp³-hybridized carbons (Fsp3) is 0.154. The highest BCUT2D eigenvalue weighted by atomic mass is 19.4. The van der Waals surface area contributed by atoms with Crippen LogP contribution < -0.4 is 5.32 Å². The predicted octanol–water partition coefficient (Wildman–Crippen LogP) is 2.81. The summed E-state index contributed by atoms with van der Waals surface area (Å²) in [7, 11) is 0. The zero-order valence-electron chi connectivity index (χ0n) is 10.6. The summed E-state index contributed by atoms with van der Waals surface area (Å²) in [5, 5.41) is 11.3. The molecule has 2 N–H and O–H groups in total. The number of rotatable bonds is 4. The molecule has 0 unspecified atom stereocenters. The van der Waals surface area contributed by atoms with Crippen LogP contribution in [0.1, 0.15) is 21.6 Å². The van der Waals surface area contributed by atoms with Crippen molar-refractivity contribution in [1.29, 1.82) is 0 Å². The Morgan fingerprint density at radius 2 is 1.90 bits per heavy atom. The Kier molecular flexibility index (Phi) is 4.06. The first-order valence-corrected chi connectivity index (χ1v) is 5.82. The second kappa shape index (κ2) is 5.78. The summed E-state index contributed by atoms with van der Waals surface area (Å²) in [4.78, 5) is 18.0. The first-order chi connectivity index (χ1) is 9.88. The first-order valence-electron chi connectivity index (χ1n) is 5.82. The molecule has 1 heterocycles. The van der Waals surface area contributed by atoms with Gasteiger partial charge in [-0.05, 0) is 11.6 Å². The molecule has 0 aliphatic carbocycles. The average Bonchev–Trinajstić information content (AvgIpc) is 2.45. The minimum absolute atomic E-state index is 0.0640. The third-order valence-corrected chi connectivity index (χ3v) is 2.65. The molecular formula is C13H10F3N3O2. The summed E-state index contributed by atoms with van der Waals surface area (Å²) >= 11 is 0. The van der Waals surface area contributed by atoms with Crippen LogP contribution in [0.15, 0.2) is 36.7 Å². The fourth-order valence-corrected chi connectivity index (χ4v) is 1.67. The van der Waals surface area contributed by atoms with Crippen LogP contribution in [0.4, 0.5) is 19.0 Å². The van der Waals surface area contributed by atoms with Gasteiger partial charge >= 0.3 is 12.1 Å². The van der Waals surface area contributed by atoms with E-state index in [1.165, 1.54) is 18.2 Å². The number of hydrogen-bond donors (Lipinski definition) is 2. The van der Waals surface area contributed by atoms with Gasteiger partial charge in [-0.3, -0.25) is 0 Å². The Bertz CT molecular complexity index is 642. The maximum atomic E-state index is 12.8. The van der Waals surface area contributed by atoms with Crippen LogP contribution in [0.5, 0.6) is 0 Å². The van der Waals surface area contributed by atoms with E-state index in [4.69, 9.17) is 5.11 Å². The number of carboxylic acids is 1. The molecule has 2 aromatic rings. The van der Waals surface area contributed by atoms with Crippen molar-refractivity contribution >= 4 is 11.8 Å². The first kappa shape index (κ1) is 14.8. The number of aromatic nitrogens is 2. The Morgan fingerprint density at radius 3 is 2.48 bits per heavy atom.